The van der Waals surface area contributed by atoms with Crippen LogP contribution in [0.25, 0.3) is 0 Å². The van der Waals surface area contributed by atoms with Crippen LogP contribution in [-0.2, 0) is 4.79 Å². The maximum absolute atomic E-state index is 12.2. The molecule has 1 aliphatic heterocycles. The molecule has 2 N–H and O–H groups in total. The van der Waals surface area contributed by atoms with Gasteiger partial charge in [-0.1, -0.05) is 32.6 Å². The van der Waals surface area contributed by atoms with Crippen molar-refractivity contribution in [1.82, 2.24) is 15.5 Å². The Balaban J connectivity index is 1.62. The number of carbonyl (C=O) groups is 1. The van der Waals surface area contributed by atoms with E-state index < -0.39 is 0 Å². The first-order valence-corrected chi connectivity index (χ1v) is 9.00. The molecule has 1 amide bonds. The van der Waals surface area contributed by atoms with Gasteiger partial charge in [0, 0.05) is 6.04 Å². The van der Waals surface area contributed by atoms with E-state index in [0.29, 0.717) is 12.6 Å². The van der Waals surface area contributed by atoms with Gasteiger partial charge in [-0.25, -0.2) is 0 Å². The van der Waals surface area contributed by atoms with Gasteiger partial charge in [-0.3, -0.25) is 9.69 Å². The zero-order chi connectivity index (χ0) is 14.9. The summed E-state index contributed by atoms with van der Waals surface area (Å²) in [5.41, 5.74) is 0. The Kier molecular flexibility index (Phi) is 7.51. The molecule has 0 radical (unpaired) electrons. The molecule has 1 heterocycles. The number of hydrogen-bond donors (Lipinski definition) is 2. The van der Waals surface area contributed by atoms with Crippen LogP contribution in [0.1, 0.15) is 58.3 Å². The monoisotopic (exact) mass is 295 g/mol. The van der Waals surface area contributed by atoms with Crippen LogP contribution in [0.5, 0.6) is 0 Å². The van der Waals surface area contributed by atoms with Crippen LogP contribution in [0.2, 0.25) is 0 Å². The van der Waals surface area contributed by atoms with E-state index in [4.69, 9.17) is 0 Å². The predicted octanol–water partition coefficient (Wildman–Crippen LogP) is 2.15. The molecule has 1 saturated carbocycles. The molecule has 2 fully saturated rings. The average molecular weight is 295 g/mol. The van der Waals surface area contributed by atoms with E-state index in [1.807, 2.05) is 0 Å². The van der Waals surface area contributed by atoms with Gasteiger partial charge in [0.05, 0.1) is 6.54 Å². The summed E-state index contributed by atoms with van der Waals surface area (Å²) in [4.78, 5) is 14.5. The van der Waals surface area contributed by atoms with Gasteiger partial charge < -0.3 is 10.6 Å². The Morgan fingerprint density at radius 3 is 2.33 bits per heavy atom. The quantitative estimate of drug-likeness (QED) is 0.738. The first-order chi connectivity index (χ1) is 10.3. The Labute approximate surface area is 130 Å². The Morgan fingerprint density at radius 1 is 1.05 bits per heavy atom. The zero-order valence-corrected chi connectivity index (χ0v) is 13.7. The van der Waals surface area contributed by atoms with E-state index in [-0.39, 0.29) is 5.91 Å². The largest absolute Gasteiger partial charge is 0.352 e. The minimum absolute atomic E-state index is 0.243. The summed E-state index contributed by atoms with van der Waals surface area (Å²) >= 11 is 0. The lowest BCUT2D eigenvalue weighted by Gasteiger charge is -2.32. The SMILES string of the molecule is CCNCC1CCN(CC(=O)NC2CCCCCC2)CC1. The Morgan fingerprint density at radius 2 is 1.71 bits per heavy atom. The molecule has 0 atom stereocenters. The van der Waals surface area contributed by atoms with E-state index in [9.17, 15) is 4.79 Å². The topological polar surface area (TPSA) is 44.4 Å². The maximum Gasteiger partial charge on any atom is 0.234 e. The molecule has 0 aromatic heterocycles. The van der Waals surface area contributed by atoms with Gasteiger partial charge in [0.2, 0.25) is 5.91 Å². The van der Waals surface area contributed by atoms with Crippen LogP contribution < -0.4 is 10.6 Å². The predicted molar refractivity (Wildman–Crippen MR) is 87.3 cm³/mol. The van der Waals surface area contributed by atoms with E-state index in [1.165, 1.54) is 51.4 Å². The number of carbonyl (C=O) groups excluding carboxylic acids is 1. The van der Waals surface area contributed by atoms with Crippen molar-refractivity contribution in [3.05, 3.63) is 0 Å². The Bertz CT molecular complexity index is 292. The lowest BCUT2D eigenvalue weighted by molar-refractivity contribution is -0.123. The molecule has 4 nitrogen and oxygen atoms in total. The highest BCUT2D eigenvalue weighted by molar-refractivity contribution is 5.78. The van der Waals surface area contributed by atoms with Crippen molar-refractivity contribution >= 4 is 5.91 Å². The fraction of sp³-hybridized carbons (Fsp3) is 0.941. The summed E-state index contributed by atoms with van der Waals surface area (Å²) in [6.07, 6.45) is 10.0. The molecule has 0 aromatic carbocycles. The minimum atomic E-state index is 0.243. The van der Waals surface area contributed by atoms with Crippen LogP contribution in [0.15, 0.2) is 0 Å². The molecule has 0 aromatic rings. The van der Waals surface area contributed by atoms with E-state index in [1.54, 1.807) is 0 Å². The van der Waals surface area contributed by atoms with Gasteiger partial charge in [0.1, 0.15) is 0 Å². The van der Waals surface area contributed by atoms with Gasteiger partial charge in [-0.2, -0.15) is 0 Å². The molecule has 0 unspecified atom stereocenters. The molecule has 1 aliphatic carbocycles. The number of piperidine rings is 1. The van der Waals surface area contributed by atoms with Crippen molar-refractivity contribution in [2.24, 2.45) is 5.92 Å². The van der Waals surface area contributed by atoms with Crippen molar-refractivity contribution in [3.63, 3.8) is 0 Å². The molecular weight excluding hydrogens is 262 g/mol. The summed E-state index contributed by atoms with van der Waals surface area (Å²) in [5, 5.41) is 6.69. The Hall–Kier alpha value is -0.610. The summed E-state index contributed by atoms with van der Waals surface area (Å²) in [6.45, 7) is 7.11. The van der Waals surface area contributed by atoms with Crippen molar-refractivity contribution in [3.8, 4) is 0 Å². The van der Waals surface area contributed by atoms with E-state index in [2.05, 4.69) is 22.5 Å². The van der Waals surface area contributed by atoms with Gasteiger partial charge in [0.15, 0.2) is 0 Å². The van der Waals surface area contributed by atoms with Gasteiger partial charge in [-0.05, 0) is 57.8 Å². The first-order valence-electron chi connectivity index (χ1n) is 9.00. The standard InChI is InChI=1S/C17H33N3O/c1-2-18-13-15-9-11-20(12-10-15)14-17(21)19-16-7-5-3-4-6-8-16/h15-16,18H,2-14H2,1H3,(H,19,21). The second-order valence-corrected chi connectivity index (χ2v) is 6.78. The summed E-state index contributed by atoms with van der Waals surface area (Å²) < 4.78 is 0. The van der Waals surface area contributed by atoms with E-state index >= 15 is 0 Å². The fourth-order valence-corrected chi connectivity index (χ4v) is 3.60. The fourth-order valence-electron chi connectivity index (χ4n) is 3.60. The third-order valence-electron chi connectivity index (χ3n) is 4.98. The minimum Gasteiger partial charge on any atom is -0.352 e. The molecule has 2 aliphatic rings. The number of nitrogens with zero attached hydrogens (tertiary/aromatic N) is 1. The summed E-state index contributed by atoms with van der Waals surface area (Å²) in [6, 6.07) is 0.436. The highest BCUT2D eigenvalue weighted by Crippen LogP contribution is 2.18. The van der Waals surface area contributed by atoms with Crippen molar-refractivity contribution in [2.75, 3.05) is 32.7 Å². The third kappa shape index (κ3) is 6.35. The lowest BCUT2D eigenvalue weighted by Crippen LogP contribution is -2.45. The molecule has 1 saturated heterocycles. The highest BCUT2D eigenvalue weighted by atomic mass is 16.2. The normalized spacial score (nSPS) is 22.9. The average Bonchev–Trinajstić information content (AvgIpc) is 2.75. The first kappa shape index (κ1) is 16.8. The van der Waals surface area contributed by atoms with Gasteiger partial charge >= 0.3 is 0 Å². The molecule has 4 heteroatoms. The van der Waals surface area contributed by atoms with Gasteiger partial charge in [0.25, 0.3) is 0 Å². The second-order valence-electron chi connectivity index (χ2n) is 6.78. The lowest BCUT2D eigenvalue weighted by atomic mass is 9.97. The number of likely N-dealkylation sites (tertiary alicyclic amines) is 1. The third-order valence-corrected chi connectivity index (χ3v) is 4.98. The van der Waals surface area contributed by atoms with Crippen LogP contribution >= 0.6 is 0 Å². The molecular formula is C17H33N3O. The maximum atomic E-state index is 12.2. The van der Waals surface area contributed by atoms with Crippen molar-refractivity contribution in [1.29, 1.82) is 0 Å². The van der Waals surface area contributed by atoms with Crippen molar-refractivity contribution < 1.29 is 4.79 Å². The van der Waals surface area contributed by atoms with Crippen LogP contribution in [0.3, 0.4) is 0 Å². The summed E-state index contributed by atoms with van der Waals surface area (Å²) in [5.74, 6) is 1.04. The van der Waals surface area contributed by atoms with Crippen molar-refractivity contribution in [2.45, 2.75) is 64.3 Å². The molecule has 2 rings (SSSR count). The van der Waals surface area contributed by atoms with Crippen LogP contribution in [0, 0.1) is 5.92 Å². The summed E-state index contributed by atoms with van der Waals surface area (Å²) in [7, 11) is 0. The smallest absolute Gasteiger partial charge is 0.234 e. The number of amides is 1. The van der Waals surface area contributed by atoms with Crippen LogP contribution in [-0.4, -0.2) is 49.6 Å². The zero-order valence-electron chi connectivity index (χ0n) is 13.7. The number of nitrogens with one attached hydrogen (secondary N) is 2. The second kappa shape index (κ2) is 9.42. The van der Waals surface area contributed by atoms with Crippen LogP contribution in [0.4, 0.5) is 0 Å². The van der Waals surface area contributed by atoms with E-state index in [0.717, 1.165) is 32.1 Å². The molecule has 122 valence electrons. The molecule has 0 bridgehead atoms. The highest BCUT2D eigenvalue weighted by Gasteiger charge is 2.21. The molecule has 21 heavy (non-hydrogen) atoms. The van der Waals surface area contributed by atoms with Gasteiger partial charge in [-0.15, -0.1) is 0 Å². The molecule has 0 spiro atoms. The number of hydrogen-bond acceptors (Lipinski definition) is 3. The number of rotatable bonds is 6.